The average Bonchev–Trinajstić information content (AvgIpc) is 2.87. The number of hydrogen-bond acceptors (Lipinski definition) is 6. The van der Waals surface area contributed by atoms with Crippen LogP contribution in [0.3, 0.4) is 0 Å². The fraction of sp³-hybridized carbons (Fsp3) is 0.519. The first kappa shape index (κ1) is 19.3. The van der Waals surface area contributed by atoms with E-state index in [0.717, 1.165) is 5.56 Å². The van der Waals surface area contributed by atoms with Gasteiger partial charge in [0, 0.05) is 13.1 Å². The molecule has 0 saturated heterocycles. The molecule has 0 heterocycles. The zero-order valence-corrected chi connectivity index (χ0v) is 20.2. The van der Waals surface area contributed by atoms with Crippen LogP contribution in [0, 0.1) is 17.2 Å². The molecule has 0 aliphatic carbocycles. The lowest BCUT2D eigenvalue weighted by Crippen LogP contribution is -2.33. The van der Waals surface area contributed by atoms with E-state index < -0.39 is 26.3 Å². The first-order chi connectivity index (χ1) is 18.7. The Kier molecular flexibility index (Phi) is 7.42. The van der Waals surface area contributed by atoms with Gasteiger partial charge in [-0.1, -0.05) is 26.0 Å². The second kappa shape index (κ2) is 13.0. The van der Waals surface area contributed by atoms with Crippen LogP contribution >= 0.6 is 0 Å². The summed E-state index contributed by atoms with van der Waals surface area (Å²) in [6, 6.07) is 12.2. The van der Waals surface area contributed by atoms with Gasteiger partial charge in [0.05, 0.1) is 48.0 Å². The molecule has 0 aromatic heterocycles. The van der Waals surface area contributed by atoms with Crippen LogP contribution in [0.4, 0.5) is 4.39 Å². The van der Waals surface area contributed by atoms with Crippen molar-refractivity contribution in [1.29, 1.82) is 5.26 Å². The molecule has 0 radical (unpaired) electrons. The lowest BCUT2D eigenvalue weighted by Gasteiger charge is -2.32. The van der Waals surface area contributed by atoms with Gasteiger partial charge in [-0.3, -0.25) is 4.90 Å². The van der Waals surface area contributed by atoms with Gasteiger partial charge in [0.25, 0.3) is 0 Å². The second-order valence-electron chi connectivity index (χ2n) is 8.38. The van der Waals surface area contributed by atoms with Crippen LogP contribution in [-0.2, 0) is 11.8 Å². The molecule has 7 heteroatoms. The molecule has 6 nitrogen and oxygen atoms in total. The van der Waals surface area contributed by atoms with Gasteiger partial charge in [-0.25, -0.2) is 4.39 Å². The molecule has 0 fully saturated rings. The minimum absolute atomic E-state index is 0.0262. The number of ether oxygens (including phenoxy) is 4. The Morgan fingerprint density at radius 1 is 0.971 bits per heavy atom. The molecular formula is C27H37FN2O4. The highest BCUT2D eigenvalue weighted by Crippen LogP contribution is 2.40. The first-order valence-electron chi connectivity index (χ1n) is 14.1. The van der Waals surface area contributed by atoms with Gasteiger partial charge < -0.3 is 18.9 Å². The molecule has 34 heavy (non-hydrogen) atoms. The third-order valence-corrected chi connectivity index (χ3v) is 6.24. The molecular weight excluding hydrogens is 435 g/mol. The maximum absolute atomic E-state index is 13.9. The average molecular weight is 485 g/mol. The van der Waals surface area contributed by atoms with Crippen LogP contribution in [0.5, 0.6) is 23.0 Å². The second-order valence-corrected chi connectivity index (χ2v) is 8.38. The molecule has 0 bridgehead atoms. The van der Waals surface area contributed by atoms with Gasteiger partial charge in [-0.05, 0) is 60.6 Å². The zero-order chi connectivity index (χ0) is 30.1. The Morgan fingerprint density at radius 3 is 2.24 bits per heavy atom. The lowest BCUT2D eigenvalue weighted by molar-refractivity contribution is 0.178. The molecule has 186 valence electrons. The van der Waals surface area contributed by atoms with Crippen molar-refractivity contribution in [1.82, 2.24) is 4.90 Å². The number of rotatable bonds is 14. The van der Waals surface area contributed by atoms with E-state index in [1.807, 2.05) is 26.0 Å². The highest BCUT2D eigenvalue weighted by molar-refractivity contribution is 5.47. The minimum atomic E-state index is -2.81. The summed E-state index contributed by atoms with van der Waals surface area (Å²) < 4.78 is 78.5. The van der Waals surface area contributed by atoms with Gasteiger partial charge in [0.15, 0.2) is 23.0 Å². The lowest BCUT2D eigenvalue weighted by atomic mass is 9.69. The van der Waals surface area contributed by atoms with Crippen LogP contribution in [0.2, 0.25) is 0 Å². The van der Waals surface area contributed by atoms with Crippen molar-refractivity contribution in [2.24, 2.45) is 5.92 Å². The topological polar surface area (TPSA) is 64.0 Å². The number of alkyl halides is 1. The summed E-state index contributed by atoms with van der Waals surface area (Å²) in [6.45, 7) is 3.94. The largest absolute Gasteiger partial charge is 0.493 e. The Labute approximate surface area is 211 Å². The summed E-state index contributed by atoms with van der Waals surface area (Å²) in [4.78, 5) is 1.59. The molecule has 2 aromatic carbocycles. The molecule has 0 aliphatic heterocycles. The van der Waals surface area contributed by atoms with Gasteiger partial charge in [0.1, 0.15) is 6.80 Å². The maximum Gasteiger partial charge on any atom is 0.161 e. The van der Waals surface area contributed by atoms with Crippen molar-refractivity contribution in [2.75, 3.05) is 48.2 Å². The number of nitriles is 1. The Hall–Kier alpha value is -2.98. The molecule has 0 N–H and O–H groups in total. The zero-order valence-electron chi connectivity index (χ0n) is 26.2. The monoisotopic (exact) mass is 484 g/mol. The quantitative estimate of drug-likeness (QED) is 0.335. The standard InChI is InChI=1S/C27H37FN2O4/c1-20(2)27(18-29,22-9-11-24(32-4)26(17-22)34-6)13-7-14-30(19-28)15-12-21-8-10-23(31-3)25(16-21)33-5/h8-11,16-17,20H,7,12-15,19H2,1-6H3/t27-/m0/s1/i3T3,5T3. The van der Waals surface area contributed by atoms with Crippen molar-refractivity contribution in [3.8, 4) is 29.1 Å². The van der Waals surface area contributed by atoms with E-state index in [2.05, 4.69) is 6.07 Å². The third-order valence-electron chi connectivity index (χ3n) is 6.24. The molecule has 0 unspecified atom stereocenters. The Balaban J connectivity index is 2.13. The predicted molar refractivity (Wildman–Crippen MR) is 132 cm³/mol. The summed E-state index contributed by atoms with van der Waals surface area (Å²) in [5, 5.41) is 10.3. The fourth-order valence-corrected chi connectivity index (χ4v) is 4.10. The van der Waals surface area contributed by atoms with E-state index in [4.69, 9.17) is 27.2 Å². The number of halogens is 1. The van der Waals surface area contributed by atoms with E-state index in [-0.39, 0.29) is 17.4 Å². The minimum Gasteiger partial charge on any atom is -0.493 e. The number of hydrogen-bond donors (Lipinski definition) is 0. The number of nitrogens with zero attached hydrogens (tertiary/aromatic N) is 2. The van der Waals surface area contributed by atoms with Gasteiger partial charge in [-0.15, -0.1) is 0 Å². The van der Waals surface area contributed by atoms with Crippen molar-refractivity contribution < 1.29 is 31.6 Å². The molecule has 0 saturated carbocycles. The molecule has 0 aliphatic rings. The predicted octanol–water partition coefficient (Wildman–Crippen LogP) is 5.39. The summed E-state index contributed by atoms with van der Waals surface area (Å²) in [7, 11) is -2.51. The van der Waals surface area contributed by atoms with Gasteiger partial charge >= 0.3 is 0 Å². The van der Waals surface area contributed by atoms with E-state index in [9.17, 15) is 9.65 Å². The van der Waals surface area contributed by atoms with Crippen LogP contribution < -0.4 is 18.9 Å². The van der Waals surface area contributed by atoms with Crippen LogP contribution in [0.15, 0.2) is 36.4 Å². The number of benzene rings is 2. The summed E-state index contributed by atoms with van der Waals surface area (Å²) in [5.74, 6) is 0.616. The van der Waals surface area contributed by atoms with E-state index >= 15 is 0 Å². The summed E-state index contributed by atoms with van der Waals surface area (Å²) >= 11 is 0. The maximum atomic E-state index is 13.9. The van der Waals surface area contributed by atoms with Crippen molar-refractivity contribution in [3.05, 3.63) is 47.5 Å². The van der Waals surface area contributed by atoms with Crippen molar-refractivity contribution in [2.45, 2.75) is 38.5 Å². The normalized spacial score (nSPS) is 16.2. The SMILES string of the molecule is [3H]C([3H])([3H])Oc1ccc(CCN(CF)CCC[C@@](C#N)(c2ccc(OC)c(OC)c2)C(C)C)cc1OC([3H])([3H])[3H]. The first-order valence-corrected chi connectivity index (χ1v) is 11.1. The van der Waals surface area contributed by atoms with Crippen molar-refractivity contribution >= 4 is 0 Å². The van der Waals surface area contributed by atoms with Crippen molar-refractivity contribution in [3.63, 3.8) is 0 Å². The van der Waals surface area contributed by atoms with E-state index in [0.29, 0.717) is 49.4 Å². The molecule has 2 rings (SSSR count). The highest BCUT2D eigenvalue weighted by Gasteiger charge is 2.36. The van der Waals surface area contributed by atoms with Gasteiger partial charge in [0.2, 0.25) is 0 Å². The molecule has 0 amide bonds. The summed E-state index contributed by atoms with van der Waals surface area (Å²) in [6.07, 6.45) is 1.38. The summed E-state index contributed by atoms with van der Waals surface area (Å²) in [5.41, 5.74) is 0.604. The number of methoxy groups -OCH3 is 4. The Bertz CT molecular complexity index is 1150. The fourth-order valence-electron chi connectivity index (χ4n) is 4.10. The smallest absolute Gasteiger partial charge is 0.161 e. The highest BCUT2D eigenvalue weighted by atomic mass is 19.1. The third kappa shape index (κ3) is 6.32. The van der Waals surface area contributed by atoms with E-state index in [1.165, 1.54) is 19.2 Å². The van der Waals surface area contributed by atoms with Crippen LogP contribution in [-0.4, -0.2) is 53.1 Å². The molecule has 1 atom stereocenters. The Morgan fingerprint density at radius 2 is 1.62 bits per heavy atom. The molecule has 0 spiro atoms. The van der Waals surface area contributed by atoms with Gasteiger partial charge in [-0.2, -0.15) is 5.26 Å². The van der Waals surface area contributed by atoms with Crippen LogP contribution in [0.25, 0.3) is 0 Å². The van der Waals surface area contributed by atoms with Crippen LogP contribution in [0.1, 0.15) is 46.0 Å². The molecule has 2 aromatic rings. The van der Waals surface area contributed by atoms with E-state index in [1.54, 1.807) is 24.1 Å².